The summed E-state index contributed by atoms with van der Waals surface area (Å²) in [7, 11) is 0. The van der Waals surface area contributed by atoms with Gasteiger partial charge in [-0.3, -0.25) is 0 Å². The highest BCUT2D eigenvalue weighted by atomic mass is 79.9. The van der Waals surface area contributed by atoms with Gasteiger partial charge in [-0.1, -0.05) is 0 Å². The van der Waals surface area contributed by atoms with Crippen molar-refractivity contribution in [2.45, 2.75) is 19.9 Å². The van der Waals surface area contributed by atoms with E-state index in [-0.39, 0.29) is 17.6 Å². The van der Waals surface area contributed by atoms with Crippen LogP contribution in [0.4, 0.5) is 4.39 Å². The van der Waals surface area contributed by atoms with Crippen molar-refractivity contribution in [2.75, 3.05) is 0 Å². The van der Waals surface area contributed by atoms with Crippen LogP contribution in [0.2, 0.25) is 0 Å². The minimum absolute atomic E-state index is 0.154. The third kappa shape index (κ3) is 2.42. The number of aromatic hydroxyl groups is 1. The lowest BCUT2D eigenvalue weighted by atomic mass is 10.2. The molecule has 3 nitrogen and oxygen atoms in total. The van der Waals surface area contributed by atoms with Crippen LogP contribution in [0.5, 0.6) is 5.75 Å². The second-order valence-corrected chi connectivity index (χ2v) is 6.05. The van der Waals surface area contributed by atoms with Crippen molar-refractivity contribution in [2.24, 2.45) is 0 Å². The maximum absolute atomic E-state index is 13.4. The number of benzene rings is 2. The molecule has 0 spiro atoms. The third-order valence-corrected chi connectivity index (χ3v) is 4.04. The highest BCUT2D eigenvalue weighted by Crippen LogP contribution is 2.33. The van der Waals surface area contributed by atoms with Gasteiger partial charge in [0.2, 0.25) is 0 Å². The average Bonchev–Trinajstić information content (AvgIpc) is 2.80. The first-order chi connectivity index (χ1) is 9.97. The van der Waals surface area contributed by atoms with Crippen molar-refractivity contribution in [1.82, 2.24) is 9.55 Å². The molecule has 0 aliphatic rings. The quantitative estimate of drug-likeness (QED) is 0.715. The lowest BCUT2D eigenvalue weighted by Crippen LogP contribution is -2.03. The van der Waals surface area contributed by atoms with Gasteiger partial charge < -0.3 is 9.67 Å². The number of nitrogens with zero attached hydrogens (tertiary/aromatic N) is 2. The maximum Gasteiger partial charge on any atom is 0.141 e. The number of hydrogen-bond donors (Lipinski definition) is 1. The molecular weight excluding hydrogens is 335 g/mol. The maximum atomic E-state index is 13.4. The first kappa shape index (κ1) is 14.1. The van der Waals surface area contributed by atoms with Crippen molar-refractivity contribution in [3.63, 3.8) is 0 Å². The smallest absolute Gasteiger partial charge is 0.141 e. The fourth-order valence-corrected chi connectivity index (χ4v) is 2.70. The second kappa shape index (κ2) is 5.15. The first-order valence-corrected chi connectivity index (χ1v) is 7.43. The lowest BCUT2D eigenvalue weighted by Gasteiger charge is -2.13. The van der Waals surface area contributed by atoms with Gasteiger partial charge in [0.1, 0.15) is 17.4 Å². The Labute approximate surface area is 130 Å². The molecule has 1 heterocycles. The van der Waals surface area contributed by atoms with Gasteiger partial charge in [0.15, 0.2) is 0 Å². The number of fused-ring (bicyclic) bond motifs is 1. The van der Waals surface area contributed by atoms with Crippen LogP contribution in [0, 0.1) is 5.82 Å². The van der Waals surface area contributed by atoms with Crippen LogP contribution >= 0.6 is 15.9 Å². The molecule has 21 heavy (non-hydrogen) atoms. The number of phenolic OH excluding ortho intramolecular Hbond substituents is 1. The molecule has 0 aliphatic heterocycles. The van der Waals surface area contributed by atoms with E-state index in [0.717, 1.165) is 11.1 Å². The third-order valence-electron chi connectivity index (χ3n) is 3.37. The summed E-state index contributed by atoms with van der Waals surface area (Å²) in [6.07, 6.45) is 0. The highest BCUT2D eigenvalue weighted by molar-refractivity contribution is 9.10. The van der Waals surface area contributed by atoms with Crippen molar-refractivity contribution >= 4 is 27.0 Å². The van der Waals surface area contributed by atoms with Gasteiger partial charge in [0, 0.05) is 17.7 Å². The molecule has 0 bridgehead atoms. The average molecular weight is 349 g/mol. The molecule has 1 aromatic heterocycles. The Bertz CT molecular complexity index is 827. The van der Waals surface area contributed by atoms with E-state index in [1.165, 1.54) is 12.1 Å². The molecule has 5 heteroatoms. The summed E-state index contributed by atoms with van der Waals surface area (Å²) in [5.41, 5.74) is 2.28. The van der Waals surface area contributed by atoms with Gasteiger partial charge in [-0.25, -0.2) is 9.37 Å². The Morgan fingerprint density at radius 2 is 1.95 bits per heavy atom. The molecule has 108 valence electrons. The van der Waals surface area contributed by atoms with E-state index in [1.54, 1.807) is 18.2 Å². The zero-order valence-corrected chi connectivity index (χ0v) is 13.2. The summed E-state index contributed by atoms with van der Waals surface area (Å²) in [6, 6.07) is 10.1. The number of halogens is 2. The summed E-state index contributed by atoms with van der Waals surface area (Å²) in [4.78, 5) is 4.53. The molecule has 2 aromatic carbocycles. The van der Waals surface area contributed by atoms with E-state index < -0.39 is 0 Å². The second-order valence-electron chi connectivity index (χ2n) is 5.20. The van der Waals surface area contributed by atoms with Crippen LogP contribution < -0.4 is 0 Å². The summed E-state index contributed by atoms with van der Waals surface area (Å²) in [5, 5.41) is 9.87. The van der Waals surface area contributed by atoms with E-state index >= 15 is 0 Å². The summed E-state index contributed by atoms with van der Waals surface area (Å²) < 4.78 is 16.1. The molecule has 0 aliphatic carbocycles. The monoisotopic (exact) mass is 348 g/mol. The van der Waals surface area contributed by atoms with Gasteiger partial charge in [-0.15, -0.1) is 0 Å². The lowest BCUT2D eigenvalue weighted by molar-refractivity contribution is 0.472. The summed E-state index contributed by atoms with van der Waals surface area (Å²) >= 11 is 3.27. The van der Waals surface area contributed by atoms with E-state index in [2.05, 4.69) is 20.9 Å². The van der Waals surface area contributed by atoms with Crippen LogP contribution in [0.3, 0.4) is 0 Å². The van der Waals surface area contributed by atoms with Gasteiger partial charge in [-0.2, -0.15) is 0 Å². The van der Waals surface area contributed by atoms with Crippen LogP contribution in [0.15, 0.2) is 40.9 Å². The zero-order chi connectivity index (χ0) is 15.1. The van der Waals surface area contributed by atoms with Crippen molar-refractivity contribution < 1.29 is 9.50 Å². The molecule has 0 radical (unpaired) electrons. The largest absolute Gasteiger partial charge is 0.507 e. The van der Waals surface area contributed by atoms with Crippen molar-refractivity contribution in [3.05, 3.63) is 46.7 Å². The van der Waals surface area contributed by atoms with Crippen LogP contribution in [-0.4, -0.2) is 14.7 Å². The molecule has 3 aromatic rings. The van der Waals surface area contributed by atoms with Crippen molar-refractivity contribution in [3.8, 4) is 17.1 Å². The minimum atomic E-state index is -0.305. The number of imidazole rings is 1. The predicted octanol–water partition coefficient (Wildman–Crippen LogP) is 4.89. The Hall–Kier alpha value is -1.88. The molecule has 0 saturated heterocycles. The Morgan fingerprint density at radius 1 is 1.19 bits per heavy atom. The Morgan fingerprint density at radius 3 is 2.62 bits per heavy atom. The number of phenols is 1. The van der Waals surface area contributed by atoms with Gasteiger partial charge in [0.05, 0.1) is 15.5 Å². The predicted molar refractivity (Wildman–Crippen MR) is 84.9 cm³/mol. The van der Waals surface area contributed by atoms with Crippen LogP contribution in [0.1, 0.15) is 19.9 Å². The van der Waals surface area contributed by atoms with E-state index in [4.69, 9.17) is 0 Å². The Balaban J connectivity index is 2.30. The number of aromatic nitrogens is 2. The normalized spacial score (nSPS) is 11.5. The molecule has 0 fully saturated rings. The molecule has 0 atom stereocenters. The molecule has 0 unspecified atom stereocenters. The summed E-state index contributed by atoms with van der Waals surface area (Å²) in [5.74, 6) is 0.565. The highest BCUT2D eigenvalue weighted by Gasteiger charge is 2.16. The fourth-order valence-electron chi connectivity index (χ4n) is 2.45. The van der Waals surface area contributed by atoms with Crippen molar-refractivity contribution in [1.29, 1.82) is 0 Å². The summed E-state index contributed by atoms with van der Waals surface area (Å²) in [6.45, 7) is 4.10. The SMILES string of the molecule is CC(C)n1c(-c2ccc(Br)c(O)c2)nc2cc(F)ccc21. The minimum Gasteiger partial charge on any atom is -0.507 e. The van der Waals surface area contributed by atoms with Gasteiger partial charge >= 0.3 is 0 Å². The Kier molecular flexibility index (Phi) is 3.45. The molecule has 3 rings (SSSR count). The van der Waals surface area contributed by atoms with Gasteiger partial charge in [-0.05, 0) is 60.1 Å². The first-order valence-electron chi connectivity index (χ1n) is 6.63. The topological polar surface area (TPSA) is 38.0 Å². The van der Waals surface area contributed by atoms with Crippen LogP contribution in [-0.2, 0) is 0 Å². The zero-order valence-electron chi connectivity index (χ0n) is 11.6. The van der Waals surface area contributed by atoms with E-state index in [9.17, 15) is 9.50 Å². The molecule has 0 saturated carbocycles. The molecular formula is C16H14BrFN2O. The standard InChI is InChI=1S/C16H14BrFN2O/c1-9(2)20-14-6-4-11(18)8-13(14)19-16(20)10-3-5-12(17)15(21)7-10/h3-9,21H,1-2H3. The number of hydrogen-bond acceptors (Lipinski definition) is 2. The van der Waals surface area contributed by atoms with Gasteiger partial charge in [0.25, 0.3) is 0 Å². The fraction of sp³-hybridized carbons (Fsp3) is 0.188. The molecule has 1 N–H and O–H groups in total. The van der Waals surface area contributed by atoms with E-state index in [0.29, 0.717) is 15.8 Å². The molecule has 0 amide bonds. The van der Waals surface area contributed by atoms with Crippen LogP contribution in [0.25, 0.3) is 22.4 Å². The number of rotatable bonds is 2. The van der Waals surface area contributed by atoms with E-state index in [1.807, 2.05) is 24.5 Å².